The molecule has 0 bridgehead atoms. The lowest BCUT2D eigenvalue weighted by Crippen LogP contribution is -2.17. The van der Waals surface area contributed by atoms with Gasteiger partial charge in [-0.1, -0.05) is 48.5 Å². The second kappa shape index (κ2) is 7.32. The number of carbonyl (C=O) groups excluding carboxylic acids is 1. The normalized spacial score (nSPS) is 12.3. The van der Waals surface area contributed by atoms with Gasteiger partial charge < -0.3 is 4.74 Å². The molecule has 3 aromatic rings. The van der Waals surface area contributed by atoms with Crippen molar-refractivity contribution >= 4 is 39.3 Å². The van der Waals surface area contributed by atoms with Crippen LogP contribution in [-0.2, 0) is 9.53 Å². The predicted molar refractivity (Wildman–Crippen MR) is 99.5 cm³/mol. The zero-order valence-electron chi connectivity index (χ0n) is 13.8. The molecule has 0 N–H and O–H groups in total. The lowest BCUT2D eigenvalue weighted by molar-refractivity contribution is -0.140. The van der Waals surface area contributed by atoms with E-state index in [0.29, 0.717) is 6.42 Å². The summed E-state index contributed by atoms with van der Waals surface area (Å²) in [6, 6.07) is 8.41. The summed E-state index contributed by atoms with van der Waals surface area (Å²) in [6.45, 7) is 4.05. The average molecular weight is 358 g/mol. The molecule has 0 aliphatic rings. The van der Waals surface area contributed by atoms with Gasteiger partial charge in [0.15, 0.2) is 0 Å². The van der Waals surface area contributed by atoms with Gasteiger partial charge in [0, 0.05) is 10.9 Å². The molecule has 0 aliphatic carbocycles. The minimum Gasteiger partial charge on any atom is -0.468 e. The SMILES string of the molecule is CC[C@@H](Sc1ncnc2scc(-c3ccc(C)cc3)c12)C(=O)OC. The van der Waals surface area contributed by atoms with Gasteiger partial charge in [-0.3, -0.25) is 4.79 Å². The van der Waals surface area contributed by atoms with Crippen LogP contribution in [0.25, 0.3) is 21.3 Å². The Morgan fingerprint density at radius 3 is 2.71 bits per heavy atom. The number of fused-ring (bicyclic) bond motifs is 1. The number of thiophene rings is 1. The van der Waals surface area contributed by atoms with Gasteiger partial charge in [-0.25, -0.2) is 9.97 Å². The fourth-order valence-corrected chi connectivity index (χ4v) is 4.49. The van der Waals surface area contributed by atoms with E-state index in [-0.39, 0.29) is 11.2 Å². The van der Waals surface area contributed by atoms with Crippen molar-refractivity contribution in [2.75, 3.05) is 7.11 Å². The highest BCUT2D eigenvalue weighted by Crippen LogP contribution is 2.39. The molecule has 4 nitrogen and oxygen atoms in total. The molecule has 0 aliphatic heterocycles. The zero-order valence-corrected chi connectivity index (χ0v) is 15.4. The Balaban J connectivity index is 2.07. The van der Waals surface area contributed by atoms with Crippen molar-refractivity contribution in [2.24, 2.45) is 0 Å². The van der Waals surface area contributed by atoms with E-state index >= 15 is 0 Å². The molecule has 0 spiro atoms. The molecular weight excluding hydrogens is 340 g/mol. The number of aryl methyl sites for hydroxylation is 1. The minimum atomic E-state index is -0.265. The van der Waals surface area contributed by atoms with Crippen LogP contribution in [0.5, 0.6) is 0 Å². The molecule has 1 aromatic carbocycles. The number of hydrogen-bond acceptors (Lipinski definition) is 6. The van der Waals surface area contributed by atoms with E-state index in [1.165, 1.54) is 24.4 Å². The Morgan fingerprint density at radius 1 is 1.29 bits per heavy atom. The van der Waals surface area contributed by atoms with E-state index in [1.54, 1.807) is 17.7 Å². The smallest absolute Gasteiger partial charge is 0.319 e. The quantitative estimate of drug-likeness (QED) is 0.375. The Hall–Kier alpha value is -1.92. The minimum absolute atomic E-state index is 0.221. The third kappa shape index (κ3) is 3.30. The molecule has 0 unspecified atom stereocenters. The van der Waals surface area contributed by atoms with Crippen LogP contribution in [-0.4, -0.2) is 28.3 Å². The molecule has 1 atom stereocenters. The first-order valence-electron chi connectivity index (χ1n) is 7.67. The van der Waals surface area contributed by atoms with Crippen molar-refractivity contribution in [2.45, 2.75) is 30.5 Å². The van der Waals surface area contributed by atoms with E-state index < -0.39 is 0 Å². The van der Waals surface area contributed by atoms with Gasteiger partial charge in [-0.2, -0.15) is 0 Å². The van der Waals surface area contributed by atoms with E-state index in [2.05, 4.69) is 46.5 Å². The van der Waals surface area contributed by atoms with Crippen LogP contribution in [0.4, 0.5) is 0 Å². The molecule has 0 fully saturated rings. The number of aromatic nitrogens is 2. The van der Waals surface area contributed by atoms with Crippen molar-refractivity contribution < 1.29 is 9.53 Å². The largest absolute Gasteiger partial charge is 0.468 e. The molecule has 3 rings (SSSR count). The van der Waals surface area contributed by atoms with Crippen molar-refractivity contribution in [3.8, 4) is 11.1 Å². The van der Waals surface area contributed by atoms with Gasteiger partial charge in [0.05, 0.1) is 12.5 Å². The maximum Gasteiger partial charge on any atom is 0.319 e. The summed E-state index contributed by atoms with van der Waals surface area (Å²) in [6.07, 6.45) is 2.25. The number of hydrogen-bond donors (Lipinski definition) is 0. The van der Waals surface area contributed by atoms with Gasteiger partial charge in [0.1, 0.15) is 21.4 Å². The molecule has 0 amide bonds. The van der Waals surface area contributed by atoms with E-state index in [4.69, 9.17) is 4.74 Å². The molecule has 6 heteroatoms. The molecule has 0 saturated heterocycles. The number of benzene rings is 1. The molecular formula is C18H18N2O2S2. The van der Waals surface area contributed by atoms with E-state index in [0.717, 1.165) is 26.4 Å². The summed E-state index contributed by atoms with van der Waals surface area (Å²) in [5.41, 5.74) is 3.47. The van der Waals surface area contributed by atoms with Crippen LogP contribution in [0.15, 0.2) is 41.0 Å². The number of methoxy groups -OCH3 is 1. The van der Waals surface area contributed by atoms with Crippen LogP contribution in [0.3, 0.4) is 0 Å². The lowest BCUT2D eigenvalue weighted by Gasteiger charge is -2.12. The monoisotopic (exact) mass is 358 g/mol. The fraction of sp³-hybridized carbons (Fsp3) is 0.278. The summed E-state index contributed by atoms with van der Waals surface area (Å²) in [7, 11) is 1.42. The molecule has 124 valence electrons. The summed E-state index contributed by atoms with van der Waals surface area (Å²) in [4.78, 5) is 21.7. The topological polar surface area (TPSA) is 52.1 Å². The molecule has 0 radical (unpaired) electrons. The summed E-state index contributed by atoms with van der Waals surface area (Å²) < 4.78 is 4.90. The number of thioether (sulfide) groups is 1. The number of carbonyl (C=O) groups is 1. The zero-order chi connectivity index (χ0) is 17.1. The second-order valence-electron chi connectivity index (χ2n) is 5.41. The number of ether oxygens (including phenoxy) is 1. The third-order valence-corrected chi connectivity index (χ3v) is 6.02. The Kier molecular flexibility index (Phi) is 5.16. The Morgan fingerprint density at radius 2 is 2.04 bits per heavy atom. The first kappa shape index (κ1) is 16.9. The van der Waals surface area contributed by atoms with Crippen molar-refractivity contribution in [1.82, 2.24) is 9.97 Å². The Bertz CT molecular complexity index is 859. The maximum atomic E-state index is 11.9. The molecule has 0 saturated carbocycles. The summed E-state index contributed by atoms with van der Waals surface area (Å²) >= 11 is 3.04. The van der Waals surface area contributed by atoms with Crippen LogP contribution < -0.4 is 0 Å². The standard InChI is InChI=1S/C18H18N2O2S2/c1-4-14(18(21)22-3)24-17-15-13(9-23-16(15)19-10-20-17)12-7-5-11(2)6-8-12/h5-10,14H,4H2,1-3H3/t14-/m1/s1. The summed E-state index contributed by atoms with van der Waals surface area (Å²) in [5, 5.41) is 3.68. The number of rotatable bonds is 5. The highest BCUT2D eigenvalue weighted by Gasteiger charge is 2.22. The van der Waals surface area contributed by atoms with Crippen LogP contribution >= 0.6 is 23.1 Å². The van der Waals surface area contributed by atoms with Gasteiger partial charge in [-0.15, -0.1) is 11.3 Å². The van der Waals surface area contributed by atoms with Crippen LogP contribution in [0, 0.1) is 6.92 Å². The maximum absolute atomic E-state index is 11.9. The number of esters is 1. The van der Waals surface area contributed by atoms with Crippen LogP contribution in [0.2, 0.25) is 0 Å². The van der Waals surface area contributed by atoms with Crippen molar-refractivity contribution in [3.63, 3.8) is 0 Å². The highest BCUT2D eigenvalue weighted by molar-refractivity contribution is 8.00. The first-order chi connectivity index (χ1) is 11.6. The van der Waals surface area contributed by atoms with Gasteiger partial charge in [0.25, 0.3) is 0 Å². The van der Waals surface area contributed by atoms with Crippen molar-refractivity contribution in [3.05, 3.63) is 41.5 Å². The molecule has 2 aromatic heterocycles. The molecule has 2 heterocycles. The van der Waals surface area contributed by atoms with Gasteiger partial charge in [0.2, 0.25) is 0 Å². The predicted octanol–water partition coefficient (Wildman–Crippen LogP) is 4.71. The summed E-state index contributed by atoms with van der Waals surface area (Å²) in [5.74, 6) is -0.221. The highest BCUT2D eigenvalue weighted by atomic mass is 32.2. The third-order valence-electron chi connectivity index (χ3n) is 3.79. The van der Waals surface area contributed by atoms with Gasteiger partial charge in [-0.05, 0) is 18.9 Å². The average Bonchev–Trinajstić information content (AvgIpc) is 3.04. The van der Waals surface area contributed by atoms with E-state index in [9.17, 15) is 4.79 Å². The van der Waals surface area contributed by atoms with Crippen LogP contribution in [0.1, 0.15) is 18.9 Å². The van der Waals surface area contributed by atoms with Gasteiger partial charge >= 0.3 is 5.97 Å². The fourth-order valence-electron chi connectivity index (χ4n) is 2.45. The Labute approximate surface area is 149 Å². The first-order valence-corrected chi connectivity index (χ1v) is 9.43. The molecule has 24 heavy (non-hydrogen) atoms. The van der Waals surface area contributed by atoms with E-state index in [1.807, 2.05) is 6.92 Å². The lowest BCUT2D eigenvalue weighted by atomic mass is 10.1. The second-order valence-corrected chi connectivity index (χ2v) is 7.46. The van der Waals surface area contributed by atoms with Crippen molar-refractivity contribution in [1.29, 1.82) is 0 Å². The number of nitrogens with zero attached hydrogens (tertiary/aromatic N) is 2.